The van der Waals surface area contributed by atoms with Crippen molar-refractivity contribution in [2.45, 2.75) is 52.7 Å². The summed E-state index contributed by atoms with van der Waals surface area (Å²) in [6.07, 6.45) is 2.98. The summed E-state index contributed by atoms with van der Waals surface area (Å²) < 4.78 is 1.99. The number of fused-ring (bicyclic) bond motifs is 2. The number of benzene rings is 2. The number of hydrogen-bond acceptors (Lipinski definition) is 3. The summed E-state index contributed by atoms with van der Waals surface area (Å²) in [5, 5.41) is 11.2. The van der Waals surface area contributed by atoms with Gasteiger partial charge in [-0.3, -0.25) is 4.79 Å². The maximum Gasteiger partial charge on any atom is 0.272 e. The number of hydrogen-bond donors (Lipinski definition) is 2. The predicted octanol–water partition coefficient (Wildman–Crippen LogP) is 3.93. The van der Waals surface area contributed by atoms with Gasteiger partial charge in [0.15, 0.2) is 5.69 Å². The summed E-state index contributed by atoms with van der Waals surface area (Å²) in [6.45, 7) is 6.57. The molecule has 1 aromatic heterocycles. The van der Waals surface area contributed by atoms with Crippen molar-refractivity contribution in [2.24, 2.45) is 0 Å². The highest BCUT2D eigenvalue weighted by atomic mass is 35.5. The van der Waals surface area contributed by atoms with Crippen molar-refractivity contribution in [1.29, 1.82) is 0 Å². The van der Waals surface area contributed by atoms with Gasteiger partial charge in [-0.1, -0.05) is 35.9 Å². The largest absolute Gasteiger partial charge is 0.347 e. The van der Waals surface area contributed by atoms with Gasteiger partial charge in [-0.05, 0) is 61.4 Å². The minimum Gasteiger partial charge on any atom is -0.347 e. The number of nitrogens with zero attached hydrogens (tertiary/aromatic N) is 2. The highest BCUT2D eigenvalue weighted by molar-refractivity contribution is 5.94. The monoisotopic (exact) mass is 422 g/mol. The molecule has 0 unspecified atom stereocenters. The second kappa shape index (κ2) is 8.25. The maximum atomic E-state index is 13.0. The van der Waals surface area contributed by atoms with E-state index in [2.05, 4.69) is 60.9 Å². The molecule has 0 fully saturated rings. The zero-order valence-electron chi connectivity index (χ0n) is 17.4. The third-order valence-corrected chi connectivity index (χ3v) is 6.08. The molecule has 0 saturated carbocycles. The lowest BCUT2D eigenvalue weighted by Gasteiger charge is -2.10. The van der Waals surface area contributed by atoms with Crippen molar-refractivity contribution < 1.29 is 4.79 Å². The fourth-order valence-electron chi connectivity index (χ4n) is 4.59. The molecular formula is C24H27ClN4O. The molecule has 5 rings (SSSR count). The second-order valence-electron chi connectivity index (χ2n) is 8.22. The summed E-state index contributed by atoms with van der Waals surface area (Å²) in [5.41, 5.74) is 10.2. The van der Waals surface area contributed by atoms with Crippen molar-refractivity contribution in [3.8, 4) is 5.69 Å². The van der Waals surface area contributed by atoms with E-state index >= 15 is 0 Å². The van der Waals surface area contributed by atoms with Gasteiger partial charge in [-0.15, -0.1) is 12.4 Å². The van der Waals surface area contributed by atoms with Crippen LogP contribution < -0.4 is 10.6 Å². The Morgan fingerprint density at radius 1 is 1.10 bits per heavy atom. The van der Waals surface area contributed by atoms with E-state index in [4.69, 9.17) is 5.10 Å². The average Bonchev–Trinajstić information content (AvgIpc) is 3.42. The summed E-state index contributed by atoms with van der Waals surface area (Å²) in [7, 11) is 0. The number of carbonyl (C=O) groups is 1. The van der Waals surface area contributed by atoms with Gasteiger partial charge >= 0.3 is 0 Å². The van der Waals surface area contributed by atoms with Gasteiger partial charge < -0.3 is 10.6 Å². The number of aryl methyl sites for hydroxylation is 2. The Morgan fingerprint density at radius 2 is 1.93 bits per heavy atom. The van der Waals surface area contributed by atoms with Crippen LogP contribution in [0.25, 0.3) is 5.69 Å². The first-order valence-corrected chi connectivity index (χ1v) is 10.4. The third kappa shape index (κ3) is 3.64. The fourth-order valence-corrected chi connectivity index (χ4v) is 4.59. The van der Waals surface area contributed by atoms with Crippen molar-refractivity contribution >= 4 is 18.3 Å². The third-order valence-electron chi connectivity index (χ3n) is 6.08. The Balaban J connectivity index is 0.00000218. The van der Waals surface area contributed by atoms with Crippen LogP contribution in [0.15, 0.2) is 36.4 Å². The van der Waals surface area contributed by atoms with Gasteiger partial charge in [-0.25, -0.2) is 4.68 Å². The molecule has 2 aliphatic rings. The number of rotatable bonds is 4. The molecule has 5 nitrogen and oxygen atoms in total. The maximum absolute atomic E-state index is 13.0. The Labute approximate surface area is 183 Å². The highest BCUT2D eigenvalue weighted by Crippen LogP contribution is 2.29. The lowest BCUT2D eigenvalue weighted by atomic mass is 10.1. The lowest BCUT2D eigenvalue weighted by Crippen LogP contribution is -2.24. The van der Waals surface area contributed by atoms with E-state index < -0.39 is 0 Å². The van der Waals surface area contributed by atoms with E-state index in [1.54, 1.807) is 0 Å². The molecule has 2 heterocycles. The van der Waals surface area contributed by atoms with Gasteiger partial charge in [0.1, 0.15) is 0 Å². The molecule has 156 valence electrons. The van der Waals surface area contributed by atoms with Crippen LogP contribution in [0.5, 0.6) is 0 Å². The molecule has 0 radical (unpaired) electrons. The molecule has 0 atom stereocenters. The van der Waals surface area contributed by atoms with E-state index in [0.29, 0.717) is 12.2 Å². The van der Waals surface area contributed by atoms with Crippen LogP contribution in [0.2, 0.25) is 0 Å². The summed E-state index contributed by atoms with van der Waals surface area (Å²) >= 11 is 0. The van der Waals surface area contributed by atoms with E-state index in [1.165, 1.54) is 27.9 Å². The Bertz CT molecular complexity index is 1120. The van der Waals surface area contributed by atoms with Gasteiger partial charge in [0.05, 0.1) is 5.69 Å². The summed E-state index contributed by atoms with van der Waals surface area (Å²) in [6, 6.07) is 12.8. The zero-order chi connectivity index (χ0) is 20.0. The van der Waals surface area contributed by atoms with Crippen LogP contribution >= 0.6 is 12.4 Å². The fraction of sp³-hybridized carbons (Fsp3) is 0.333. The first-order chi connectivity index (χ1) is 14.1. The number of aromatic nitrogens is 2. The topological polar surface area (TPSA) is 59.0 Å². The quantitative estimate of drug-likeness (QED) is 0.669. The standard InChI is InChI=1S/C24H26N4O.ClH/c1-15-6-9-21(16(2)10-15)28-22-5-3-4-20(22)23(27-28)24(29)26-12-17-7-8-18-13-25-14-19(18)11-17;/h6-11,25H,3-5,12-14H2,1-2H3,(H,26,29);1H. The molecule has 0 bridgehead atoms. The zero-order valence-corrected chi connectivity index (χ0v) is 18.2. The SMILES string of the molecule is Cc1ccc(-n2nc(C(=O)NCc3ccc4c(c3)CNC4)c3c2CCC3)c(C)c1.Cl. The van der Waals surface area contributed by atoms with E-state index in [9.17, 15) is 4.79 Å². The van der Waals surface area contributed by atoms with Crippen LogP contribution in [-0.2, 0) is 32.5 Å². The smallest absolute Gasteiger partial charge is 0.272 e. The van der Waals surface area contributed by atoms with Crippen LogP contribution in [0, 0.1) is 13.8 Å². The molecule has 1 aliphatic heterocycles. The number of nitrogens with one attached hydrogen (secondary N) is 2. The van der Waals surface area contributed by atoms with Gasteiger partial charge in [0.2, 0.25) is 0 Å². The summed E-state index contributed by atoms with van der Waals surface area (Å²) in [5.74, 6) is -0.0784. The number of carbonyl (C=O) groups excluding carboxylic acids is 1. The lowest BCUT2D eigenvalue weighted by molar-refractivity contribution is 0.0944. The molecule has 2 aromatic carbocycles. The normalized spacial score (nSPS) is 14.2. The molecule has 2 N–H and O–H groups in total. The van der Waals surface area contributed by atoms with E-state index in [1.807, 2.05) is 4.68 Å². The first kappa shape index (κ1) is 20.6. The number of amides is 1. The molecular weight excluding hydrogens is 396 g/mol. The van der Waals surface area contributed by atoms with Crippen molar-refractivity contribution in [2.75, 3.05) is 0 Å². The van der Waals surface area contributed by atoms with Gasteiger partial charge in [0, 0.05) is 30.9 Å². The molecule has 1 amide bonds. The van der Waals surface area contributed by atoms with Crippen LogP contribution in [0.1, 0.15) is 56.0 Å². The first-order valence-electron chi connectivity index (χ1n) is 10.4. The van der Waals surface area contributed by atoms with Crippen LogP contribution in [-0.4, -0.2) is 15.7 Å². The minimum absolute atomic E-state index is 0. The molecule has 3 aromatic rings. The predicted molar refractivity (Wildman–Crippen MR) is 120 cm³/mol. The summed E-state index contributed by atoms with van der Waals surface area (Å²) in [4.78, 5) is 13.0. The van der Waals surface area contributed by atoms with Crippen molar-refractivity contribution in [3.05, 3.63) is 81.2 Å². The highest BCUT2D eigenvalue weighted by Gasteiger charge is 2.27. The van der Waals surface area contributed by atoms with E-state index in [0.717, 1.165) is 49.2 Å². The van der Waals surface area contributed by atoms with Crippen LogP contribution in [0.3, 0.4) is 0 Å². The molecule has 0 saturated heterocycles. The van der Waals surface area contributed by atoms with Gasteiger partial charge in [-0.2, -0.15) is 5.10 Å². The second-order valence-corrected chi connectivity index (χ2v) is 8.22. The average molecular weight is 423 g/mol. The number of halogens is 1. The molecule has 6 heteroatoms. The molecule has 30 heavy (non-hydrogen) atoms. The molecule has 1 aliphatic carbocycles. The minimum atomic E-state index is -0.0784. The van der Waals surface area contributed by atoms with Crippen molar-refractivity contribution in [1.82, 2.24) is 20.4 Å². The van der Waals surface area contributed by atoms with Gasteiger partial charge in [0.25, 0.3) is 5.91 Å². The van der Waals surface area contributed by atoms with Crippen molar-refractivity contribution in [3.63, 3.8) is 0 Å². The molecule has 0 spiro atoms. The van der Waals surface area contributed by atoms with E-state index in [-0.39, 0.29) is 18.3 Å². The Kier molecular flexibility index (Phi) is 5.67. The Morgan fingerprint density at radius 3 is 2.77 bits per heavy atom. The Hall–Kier alpha value is -2.63. The van der Waals surface area contributed by atoms with Crippen LogP contribution in [0.4, 0.5) is 0 Å².